The number of rotatable bonds is 7. The number of benzene rings is 1. The molecule has 1 heterocycles. The second kappa shape index (κ2) is 8.36. The molecule has 7 heteroatoms. The van der Waals surface area contributed by atoms with Gasteiger partial charge in [0.25, 0.3) is 5.91 Å². The lowest BCUT2D eigenvalue weighted by Gasteiger charge is -2.11. The SMILES string of the molecule is COCCNC(=O)c1ccc(Nc2cc(Cl)ccc2OC)cn1. The molecule has 0 aliphatic rings. The molecule has 2 rings (SSSR count). The van der Waals surface area contributed by atoms with Crippen molar-refractivity contribution in [2.45, 2.75) is 0 Å². The third kappa shape index (κ3) is 4.84. The number of amides is 1. The van der Waals surface area contributed by atoms with Gasteiger partial charge in [0.05, 0.1) is 31.3 Å². The van der Waals surface area contributed by atoms with Gasteiger partial charge in [0.2, 0.25) is 0 Å². The number of anilines is 2. The molecule has 0 saturated carbocycles. The van der Waals surface area contributed by atoms with E-state index >= 15 is 0 Å². The molecule has 2 aromatic rings. The number of hydrogen-bond donors (Lipinski definition) is 2. The van der Waals surface area contributed by atoms with E-state index in [9.17, 15) is 4.79 Å². The molecule has 1 aromatic heterocycles. The van der Waals surface area contributed by atoms with Crippen molar-refractivity contribution in [2.75, 3.05) is 32.7 Å². The zero-order chi connectivity index (χ0) is 16.7. The number of methoxy groups -OCH3 is 2. The molecular formula is C16H18ClN3O3. The quantitative estimate of drug-likeness (QED) is 0.761. The van der Waals surface area contributed by atoms with Crippen LogP contribution in [0.4, 0.5) is 11.4 Å². The number of pyridine rings is 1. The van der Waals surface area contributed by atoms with E-state index in [1.54, 1.807) is 50.7 Å². The molecule has 122 valence electrons. The Morgan fingerprint density at radius 1 is 1.26 bits per heavy atom. The fraction of sp³-hybridized carbons (Fsp3) is 0.250. The van der Waals surface area contributed by atoms with Gasteiger partial charge in [0.15, 0.2) is 0 Å². The summed E-state index contributed by atoms with van der Waals surface area (Å²) in [5.41, 5.74) is 1.78. The van der Waals surface area contributed by atoms with Gasteiger partial charge in [-0.05, 0) is 30.3 Å². The number of nitrogens with one attached hydrogen (secondary N) is 2. The molecule has 0 atom stereocenters. The Bertz CT molecular complexity index is 662. The first-order chi connectivity index (χ1) is 11.1. The number of halogens is 1. The molecule has 0 aliphatic carbocycles. The van der Waals surface area contributed by atoms with Crippen LogP contribution in [0, 0.1) is 0 Å². The molecule has 23 heavy (non-hydrogen) atoms. The summed E-state index contributed by atoms with van der Waals surface area (Å²) in [7, 11) is 3.16. The highest BCUT2D eigenvalue weighted by molar-refractivity contribution is 6.31. The minimum absolute atomic E-state index is 0.242. The molecule has 0 bridgehead atoms. The largest absolute Gasteiger partial charge is 0.495 e. The fourth-order valence-electron chi connectivity index (χ4n) is 1.89. The van der Waals surface area contributed by atoms with Crippen molar-refractivity contribution >= 4 is 28.9 Å². The Balaban J connectivity index is 2.05. The number of carbonyl (C=O) groups excluding carboxylic acids is 1. The highest BCUT2D eigenvalue weighted by atomic mass is 35.5. The van der Waals surface area contributed by atoms with E-state index in [0.717, 1.165) is 11.4 Å². The van der Waals surface area contributed by atoms with Crippen molar-refractivity contribution in [2.24, 2.45) is 0 Å². The monoisotopic (exact) mass is 335 g/mol. The van der Waals surface area contributed by atoms with E-state index in [-0.39, 0.29) is 5.91 Å². The van der Waals surface area contributed by atoms with E-state index in [1.165, 1.54) is 0 Å². The van der Waals surface area contributed by atoms with Gasteiger partial charge in [-0.15, -0.1) is 0 Å². The third-order valence-corrected chi connectivity index (χ3v) is 3.26. The van der Waals surface area contributed by atoms with Crippen molar-refractivity contribution in [3.63, 3.8) is 0 Å². The van der Waals surface area contributed by atoms with Gasteiger partial charge in [-0.2, -0.15) is 0 Å². The highest BCUT2D eigenvalue weighted by Gasteiger charge is 2.08. The second-order valence-corrected chi connectivity index (χ2v) is 5.09. The summed E-state index contributed by atoms with van der Waals surface area (Å²) in [4.78, 5) is 16.0. The zero-order valence-electron chi connectivity index (χ0n) is 12.9. The van der Waals surface area contributed by atoms with Crippen molar-refractivity contribution in [1.29, 1.82) is 0 Å². The van der Waals surface area contributed by atoms with Gasteiger partial charge in [0, 0.05) is 18.7 Å². The first-order valence-corrected chi connectivity index (χ1v) is 7.35. The van der Waals surface area contributed by atoms with Gasteiger partial charge in [-0.3, -0.25) is 4.79 Å². The summed E-state index contributed by atoms with van der Waals surface area (Å²) in [6, 6.07) is 8.68. The van der Waals surface area contributed by atoms with Gasteiger partial charge in [-0.1, -0.05) is 11.6 Å². The van der Waals surface area contributed by atoms with Crippen LogP contribution in [-0.4, -0.2) is 38.3 Å². The predicted octanol–water partition coefficient (Wildman–Crippen LogP) is 2.86. The summed E-state index contributed by atoms with van der Waals surface area (Å²) >= 11 is 5.99. The molecule has 0 aliphatic heterocycles. The molecule has 0 spiro atoms. The molecule has 0 unspecified atom stereocenters. The number of nitrogens with zero attached hydrogens (tertiary/aromatic N) is 1. The Morgan fingerprint density at radius 3 is 2.74 bits per heavy atom. The van der Waals surface area contributed by atoms with Gasteiger partial charge >= 0.3 is 0 Å². The normalized spacial score (nSPS) is 10.2. The Morgan fingerprint density at radius 2 is 2.09 bits per heavy atom. The molecular weight excluding hydrogens is 318 g/mol. The van der Waals surface area contributed by atoms with Crippen LogP contribution in [-0.2, 0) is 4.74 Å². The van der Waals surface area contributed by atoms with Crippen molar-refractivity contribution in [3.8, 4) is 5.75 Å². The zero-order valence-corrected chi connectivity index (χ0v) is 13.7. The van der Waals surface area contributed by atoms with E-state index in [0.29, 0.717) is 29.6 Å². The second-order valence-electron chi connectivity index (χ2n) is 4.65. The molecule has 0 radical (unpaired) electrons. The van der Waals surface area contributed by atoms with Crippen LogP contribution in [0.1, 0.15) is 10.5 Å². The van der Waals surface area contributed by atoms with E-state index in [2.05, 4.69) is 15.6 Å². The highest BCUT2D eigenvalue weighted by Crippen LogP contribution is 2.30. The van der Waals surface area contributed by atoms with E-state index in [4.69, 9.17) is 21.1 Å². The van der Waals surface area contributed by atoms with Crippen molar-refractivity contribution < 1.29 is 14.3 Å². The lowest BCUT2D eigenvalue weighted by atomic mass is 10.2. The third-order valence-electron chi connectivity index (χ3n) is 3.03. The minimum atomic E-state index is -0.242. The maximum Gasteiger partial charge on any atom is 0.269 e. The van der Waals surface area contributed by atoms with Gasteiger partial charge in [0.1, 0.15) is 11.4 Å². The first kappa shape index (κ1) is 17.1. The lowest BCUT2D eigenvalue weighted by molar-refractivity contribution is 0.0932. The molecule has 1 amide bonds. The summed E-state index contributed by atoms with van der Waals surface area (Å²) in [5, 5.41) is 6.46. The number of ether oxygens (including phenoxy) is 2. The molecule has 0 fully saturated rings. The van der Waals surface area contributed by atoms with Crippen LogP contribution in [0.15, 0.2) is 36.5 Å². The van der Waals surface area contributed by atoms with Crippen LogP contribution < -0.4 is 15.4 Å². The molecule has 0 saturated heterocycles. The standard InChI is InChI=1S/C16H18ClN3O3/c1-22-8-7-18-16(21)13-5-4-12(10-19-13)20-14-9-11(17)3-6-15(14)23-2/h3-6,9-10,20H,7-8H2,1-2H3,(H,18,21). The summed E-state index contributed by atoms with van der Waals surface area (Å²) < 4.78 is 10.1. The summed E-state index contributed by atoms with van der Waals surface area (Å²) in [6.07, 6.45) is 1.57. The average molecular weight is 336 g/mol. The van der Waals surface area contributed by atoms with Crippen LogP contribution in [0.25, 0.3) is 0 Å². The van der Waals surface area contributed by atoms with Gasteiger partial charge < -0.3 is 20.1 Å². The molecule has 1 aromatic carbocycles. The van der Waals surface area contributed by atoms with Crippen LogP contribution in [0.3, 0.4) is 0 Å². The Kier molecular flexibility index (Phi) is 6.19. The van der Waals surface area contributed by atoms with Crippen molar-refractivity contribution in [3.05, 3.63) is 47.2 Å². The molecule has 2 N–H and O–H groups in total. The first-order valence-electron chi connectivity index (χ1n) is 6.98. The van der Waals surface area contributed by atoms with Crippen LogP contribution >= 0.6 is 11.6 Å². The molecule has 6 nitrogen and oxygen atoms in total. The maximum atomic E-state index is 11.8. The number of carbonyl (C=O) groups is 1. The maximum absolute atomic E-state index is 11.8. The van der Waals surface area contributed by atoms with E-state index < -0.39 is 0 Å². The number of hydrogen-bond acceptors (Lipinski definition) is 5. The van der Waals surface area contributed by atoms with E-state index in [1.807, 2.05) is 0 Å². The Hall–Kier alpha value is -2.31. The smallest absolute Gasteiger partial charge is 0.269 e. The number of aromatic nitrogens is 1. The topological polar surface area (TPSA) is 72.5 Å². The Labute approximate surface area is 139 Å². The lowest BCUT2D eigenvalue weighted by Crippen LogP contribution is -2.27. The van der Waals surface area contributed by atoms with Crippen LogP contribution in [0.2, 0.25) is 5.02 Å². The average Bonchev–Trinajstić information content (AvgIpc) is 2.56. The predicted molar refractivity (Wildman–Crippen MR) is 89.7 cm³/mol. The van der Waals surface area contributed by atoms with Crippen LogP contribution in [0.5, 0.6) is 5.75 Å². The summed E-state index contributed by atoms with van der Waals surface area (Å²) in [5.74, 6) is 0.421. The minimum Gasteiger partial charge on any atom is -0.495 e. The summed E-state index contributed by atoms with van der Waals surface area (Å²) in [6.45, 7) is 0.899. The fourth-order valence-corrected chi connectivity index (χ4v) is 2.06. The van der Waals surface area contributed by atoms with Crippen molar-refractivity contribution in [1.82, 2.24) is 10.3 Å². The van der Waals surface area contributed by atoms with Gasteiger partial charge in [-0.25, -0.2) is 4.98 Å².